The number of aromatic amines is 1. The minimum Gasteiger partial charge on any atom is -0.350 e. The Kier molecular flexibility index (Phi) is 5.12. The Morgan fingerprint density at radius 3 is 2.90 bits per heavy atom. The van der Waals surface area contributed by atoms with E-state index >= 15 is 0 Å². The van der Waals surface area contributed by atoms with E-state index in [-0.39, 0.29) is 17.8 Å². The molecule has 2 N–H and O–H groups in total. The first-order valence-electron chi connectivity index (χ1n) is 10.3. The average molecular weight is 426 g/mol. The molecule has 5 rings (SSSR count). The third-order valence-electron chi connectivity index (χ3n) is 6.59. The Labute approximate surface area is 178 Å². The van der Waals surface area contributed by atoms with Crippen LogP contribution in [0.3, 0.4) is 0 Å². The highest BCUT2D eigenvalue weighted by molar-refractivity contribution is 7.07. The van der Waals surface area contributed by atoms with E-state index in [1.165, 1.54) is 12.1 Å². The number of hydrogen-bond acceptors (Lipinski definition) is 5. The van der Waals surface area contributed by atoms with Crippen LogP contribution in [0.25, 0.3) is 0 Å². The van der Waals surface area contributed by atoms with Gasteiger partial charge in [-0.1, -0.05) is 12.1 Å². The number of hydrogen-bond donors (Lipinski definition) is 2. The van der Waals surface area contributed by atoms with Crippen molar-refractivity contribution in [1.82, 2.24) is 25.4 Å². The maximum atomic E-state index is 13.6. The van der Waals surface area contributed by atoms with Crippen molar-refractivity contribution in [2.45, 2.75) is 50.9 Å². The molecule has 2 aliphatic heterocycles. The third kappa shape index (κ3) is 3.54. The van der Waals surface area contributed by atoms with Crippen LogP contribution in [-0.2, 0) is 24.3 Å². The molecule has 2 aromatic heterocycles. The van der Waals surface area contributed by atoms with Crippen molar-refractivity contribution in [2.24, 2.45) is 5.41 Å². The van der Waals surface area contributed by atoms with Gasteiger partial charge in [0.1, 0.15) is 5.82 Å². The van der Waals surface area contributed by atoms with Crippen LogP contribution in [-0.4, -0.2) is 38.1 Å². The van der Waals surface area contributed by atoms with E-state index in [1.54, 1.807) is 17.5 Å². The summed E-state index contributed by atoms with van der Waals surface area (Å²) in [6, 6.07) is 9.07. The molecule has 1 aromatic carbocycles. The zero-order valence-electron chi connectivity index (χ0n) is 16.6. The number of aromatic nitrogens is 3. The zero-order chi connectivity index (χ0) is 20.6. The number of benzene rings is 1. The van der Waals surface area contributed by atoms with Crippen molar-refractivity contribution in [3.8, 4) is 0 Å². The van der Waals surface area contributed by atoms with Crippen molar-refractivity contribution in [3.63, 3.8) is 0 Å². The molecule has 2 aliphatic rings. The number of nitrogens with one attached hydrogen (secondary N) is 2. The summed E-state index contributed by atoms with van der Waals surface area (Å²) in [5.41, 5.74) is 4.27. The third-order valence-corrected chi connectivity index (χ3v) is 7.22. The summed E-state index contributed by atoms with van der Waals surface area (Å²) in [6.07, 6.45) is 5.25. The van der Waals surface area contributed by atoms with Gasteiger partial charge in [-0.25, -0.2) is 9.37 Å². The lowest BCUT2D eigenvalue weighted by Crippen LogP contribution is -2.50. The second kappa shape index (κ2) is 7.92. The Hall–Kier alpha value is -2.58. The molecule has 0 aliphatic carbocycles. The SMILES string of the molecule is O=C(NCc1ccn[nH]1)[C@@]1(Cc2cscn2)C[C@H]2CC[C@@H]1N2Cc1ccc(F)cc1. The molecular weight excluding hydrogens is 401 g/mol. The first kappa shape index (κ1) is 19.4. The average Bonchev–Trinajstić information content (AvgIpc) is 3.54. The Morgan fingerprint density at radius 1 is 1.30 bits per heavy atom. The minimum atomic E-state index is -0.503. The number of fused-ring (bicyclic) bond motifs is 2. The first-order chi connectivity index (χ1) is 14.6. The number of carbonyl (C=O) groups excluding carboxylic acids is 1. The van der Waals surface area contributed by atoms with Gasteiger partial charge in [0.15, 0.2) is 0 Å². The molecule has 2 fully saturated rings. The Bertz CT molecular complexity index is 991. The van der Waals surface area contributed by atoms with Gasteiger partial charge in [0.25, 0.3) is 0 Å². The second-order valence-electron chi connectivity index (χ2n) is 8.33. The molecule has 8 heteroatoms. The van der Waals surface area contributed by atoms with Crippen molar-refractivity contribution >= 4 is 17.2 Å². The smallest absolute Gasteiger partial charge is 0.228 e. The number of amides is 1. The Morgan fingerprint density at radius 2 is 2.17 bits per heavy atom. The normalized spacial score (nSPS) is 25.6. The van der Waals surface area contributed by atoms with Crippen molar-refractivity contribution in [3.05, 3.63) is 70.2 Å². The van der Waals surface area contributed by atoms with Crippen LogP contribution in [0, 0.1) is 11.2 Å². The number of nitrogens with zero attached hydrogens (tertiary/aromatic N) is 3. The molecule has 4 heterocycles. The van der Waals surface area contributed by atoms with Gasteiger partial charge in [-0.2, -0.15) is 5.10 Å². The highest BCUT2D eigenvalue weighted by atomic mass is 32.1. The molecule has 30 heavy (non-hydrogen) atoms. The highest BCUT2D eigenvalue weighted by Crippen LogP contribution is 2.52. The van der Waals surface area contributed by atoms with E-state index in [9.17, 15) is 9.18 Å². The molecule has 2 bridgehead atoms. The first-order valence-corrected chi connectivity index (χ1v) is 11.2. The van der Waals surface area contributed by atoms with Gasteiger partial charge in [0, 0.05) is 36.6 Å². The van der Waals surface area contributed by atoms with Gasteiger partial charge < -0.3 is 5.32 Å². The highest BCUT2D eigenvalue weighted by Gasteiger charge is 2.59. The minimum absolute atomic E-state index is 0.0846. The number of H-pyrrole nitrogens is 1. The lowest BCUT2D eigenvalue weighted by Gasteiger charge is -2.36. The predicted octanol–water partition coefficient (Wildman–Crippen LogP) is 3.29. The zero-order valence-corrected chi connectivity index (χ0v) is 17.4. The molecule has 3 atom stereocenters. The molecule has 0 radical (unpaired) electrons. The van der Waals surface area contributed by atoms with E-state index < -0.39 is 5.41 Å². The van der Waals surface area contributed by atoms with E-state index in [0.717, 1.165) is 42.8 Å². The Balaban J connectivity index is 1.40. The number of thiazole rings is 1. The maximum Gasteiger partial charge on any atom is 0.228 e. The van der Waals surface area contributed by atoms with Crippen LogP contribution in [0.1, 0.15) is 36.2 Å². The fourth-order valence-electron chi connectivity index (χ4n) is 5.24. The quantitative estimate of drug-likeness (QED) is 0.609. The summed E-state index contributed by atoms with van der Waals surface area (Å²) < 4.78 is 13.3. The molecule has 156 valence electrons. The molecule has 6 nitrogen and oxygen atoms in total. The fraction of sp³-hybridized carbons (Fsp3) is 0.409. The van der Waals surface area contributed by atoms with Gasteiger partial charge in [-0.05, 0) is 43.0 Å². The summed E-state index contributed by atoms with van der Waals surface area (Å²) in [5, 5.41) is 12.1. The van der Waals surface area contributed by atoms with Crippen molar-refractivity contribution in [2.75, 3.05) is 0 Å². The molecule has 0 spiro atoms. The lowest BCUT2D eigenvalue weighted by atomic mass is 9.70. The van der Waals surface area contributed by atoms with Crippen LogP contribution in [0.5, 0.6) is 0 Å². The fourth-order valence-corrected chi connectivity index (χ4v) is 5.80. The maximum absolute atomic E-state index is 13.6. The lowest BCUT2D eigenvalue weighted by molar-refractivity contribution is -0.133. The van der Waals surface area contributed by atoms with Crippen LogP contribution in [0.15, 0.2) is 47.4 Å². The van der Waals surface area contributed by atoms with Crippen molar-refractivity contribution < 1.29 is 9.18 Å². The summed E-state index contributed by atoms with van der Waals surface area (Å²) in [7, 11) is 0. The monoisotopic (exact) mass is 425 g/mol. The second-order valence-corrected chi connectivity index (χ2v) is 9.05. The van der Waals surface area contributed by atoms with E-state index in [2.05, 4.69) is 25.4 Å². The molecule has 3 aromatic rings. The van der Waals surface area contributed by atoms with Crippen LogP contribution < -0.4 is 5.32 Å². The topological polar surface area (TPSA) is 73.9 Å². The molecule has 0 saturated carbocycles. The van der Waals surface area contributed by atoms with Crippen LogP contribution in [0.4, 0.5) is 4.39 Å². The van der Waals surface area contributed by atoms with Crippen molar-refractivity contribution in [1.29, 1.82) is 0 Å². The van der Waals surface area contributed by atoms with Gasteiger partial charge >= 0.3 is 0 Å². The van der Waals surface area contributed by atoms with Gasteiger partial charge in [-0.15, -0.1) is 11.3 Å². The van der Waals surface area contributed by atoms with Gasteiger partial charge in [0.2, 0.25) is 5.91 Å². The number of carbonyl (C=O) groups is 1. The molecule has 1 amide bonds. The number of halogens is 1. The standard InChI is InChI=1S/C22H24FN5OS/c23-16-3-1-15(2-4-16)12-28-19-5-6-20(28)22(10-19,9-18-13-30-14-25-18)21(29)24-11-17-7-8-26-27-17/h1-4,7-8,13-14,19-20H,5-6,9-12H2,(H,24,29)(H,26,27)/t19-,20+,22+/m1/s1. The number of rotatable bonds is 7. The molecular formula is C22H24FN5OS. The van der Waals surface area contributed by atoms with Crippen LogP contribution in [0.2, 0.25) is 0 Å². The van der Waals surface area contributed by atoms with Gasteiger partial charge in [-0.3, -0.25) is 14.8 Å². The summed E-state index contributed by atoms with van der Waals surface area (Å²) in [5.74, 6) is -0.138. The molecule has 2 saturated heterocycles. The van der Waals surface area contributed by atoms with Crippen LogP contribution >= 0.6 is 11.3 Å². The predicted molar refractivity (Wildman–Crippen MR) is 112 cm³/mol. The summed E-state index contributed by atoms with van der Waals surface area (Å²) in [6.45, 7) is 1.18. The van der Waals surface area contributed by atoms with E-state index in [1.807, 2.05) is 29.1 Å². The molecule has 0 unspecified atom stereocenters. The summed E-state index contributed by atoms with van der Waals surface area (Å²) in [4.78, 5) is 20.5. The van der Waals surface area contributed by atoms with E-state index in [0.29, 0.717) is 19.0 Å². The largest absolute Gasteiger partial charge is 0.350 e. The van der Waals surface area contributed by atoms with E-state index in [4.69, 9.17) is 0 Å². The summed E-state index contributed by atoms with van der Waals surface area (Å²) >= 11 is 1.56. The van der Waals surface area contributed by atoms with Gasteiger partial charge in [0.05, 0.1) is 28.9 Å².